The Bertz CT molecular complexity index is 476. The number of aryl methyl sites for hydroxylation is 2. The van der Waals surface area contributed by atoms with Crippen LogP contribution < -0.4 is 0 Å². The first-order valence-electron chi connectivity index (χ1n) is 6.78. The Hall–Kier alpha value is -1.63. The van der Waals surface area contributed by atoms with Gasteiger partial charge in [0.1, 0.15) is 0 Å². The molecule has 0 radical (unpaired) electrons. The Morgan fingerprint density at radius 3 is 2.56 bits per heavy atom. The predicted octanol–water partition coefficient (Wildman–Crippen LogP) is 4.38. The zero-order valence-electron chi connectivity index (χ0n) is 11.3. The van der Waals surface area contributed by atoms with E-state index in [9.17, 15) is 0 Å². The molecule has 1 heterocycles. The largest absolute Gasteiger partial charge is 0.264 e. The molecule has 0 spiro atoms. The van der Waals surface area contributed by atoms with E-state index in [1.54, 1.807) is 0 Å². The minimum Gasteiger partial charge on any atom is -0.264 e. The second-order valence-corrected chi connectivity index (χ2v) is 4.85. The number of hydrogen-bond acceptors (Lipinski definition) is 1. The highest BCUT2D eigenvalue weighted by atomic mass is 14.6. The fourth-order valence-electron chi connectivity index (χ4n) is 2.34. The van der Waals surface area contributed by atoms with Gasteiger partial charge in [0.25, 0.3) is 0 Å². The summed E-state index contributed by atoms with van der Waals surface area (Å²) < 4.78 is 0. The van der Waals surface area contributed by atoms with Crippen molar-refractivity contribution in [2.45, 2.75) is 39.0 Å². The van der Waals surface area contributed by atoms with Gasteiger partial charge in [-0.3, -0.25) is 4.98 Å². The van der Waals surface area contributed by atoms with Crippen LogP contribution in [0, 0.1) is 0 Å². The van der Waals surface area contributed by atoms with Crippen molar-refractivity contribution in [2.24, 2.45) is 0 Å². The van der Waals surface area contributed by atoms with Gasteiger partial charge in [0.05, 0.1) is 0 Å². The summed E-state index contributed by atoms with van der Waals surface area (Å²) >= 11 is 0. The number of aromatic nitrogens is 1. The topological polar surface area (TPSA) is 12.9 Å². The lowest BCUT2D eigenvalue weighted by molar-refractivity contribution is 0.676. The fourth-order valence-corrected chi connectivity index (χ4v) is 2.34. The Morgan fingerprint density at radius 1 is 1.06 bits per heavy atom. The van der Waals surface area contributed by atoms with Gasteiger partial charge in [-0.05, 0) is 47.9 Å². The minimum atomic E-state index is 0.615. The third-order valence-electron chi connectivity index (χ3n) is 3.60. The van der Waals surface area contributed by atoms with E-state index in [0.717, 1.165) is 12.8 Å². The third kappa shape index (κ3) is 3.19. The highest BCUT2D eigenvalue weighted by molar-refractivity contribution is 5.24. The Morgan fingerprint density at radius 2 is 1.83 bits per heavy atom. The summed E-state index contributed by atoms with van der Waals surface area (Å²) in [6, 6.07) is 12.9. The molecule has 0 amide bonds. The van der Waals surface area contributed by atoms with E-state index in [0.29, 0.717) is 5.92 Å². The van der Waals surface area contributed by atoms with Gasteiger partial charge in [-0.25, -0.2) is 0 Å². The maximum Gasteiger partial charge on any atom is 0.0302 e. The van der Waals surface area contributed by atoms with Gasteiger partial charge >= 0.3 is 0 Å². The number of nitrogens with zero attached hydrogens (tertiary/aromatic N) is 1. The van der Waals surface area contributed by atoms with Crippen LogP contribution in [-0.2, 0) is 12.8 Å². The SMILES string of the molecule is CCc1cnccc1CCC(C)c1ccccc1. The van der Waals surface area contributed by atoms with Gasteiger partial charge in [0, 0.05) is 12.4 Å². The molecule has 0 fully saturated rings. The van der Waals surface area contributed by atoms with Gasteiger partial charge in [0.2, 0.25) is 0 Å². The summed E-state index contributed by atoms with van der Waals surface area (Å²) in [5, 5.41) is 0. The lowest BCUT2D eigenvalue weighted by Crippen LogP contribution is -1.99. The van der Waals surface area contributed by atoms with Gasteiger partial charge in [-0.2, -0.15) is 0 Å². The van der Waals surface area contributed by atoms with E-state index in [1.807, 2.05) is 12.4 Å². The molecule has 0 aliphatic heterocycles. The maximum atomic E-state index is 4.20. The van der Waals surface area contributed by atoms with E-state index >= 15 is 0 Å². The van der Waals surface area contributed by atoms with Crippen molar-refractivity contribution in [3.8, 4) is 0 Å². The highest BCUT2D eigenvalue weighted by Gasteiger charge is 2.07. The monoisotopic (exact) mass is 239 g/mol. The van der Waals surface area contributed by atoms with Crippen molar-refractivity contribution in [3.05, 3.63) is 65.5 Å². The molecule has 0 saturated carbocycles. The molecule has 0 aliphatic carbocycles. The first-order valence-corrected chi connectivity index (χ1v) is 6.78. The molecule has 0 bridgehead atoms. The first kappa shape index (κ1) is 12.8. The summed E-state index contributed by atoms with van der Waals surface area (Å²) in [7, 11) is 0. The average molecular weight is 239 g/mol. The Balaban J connectivity index is 1.99. The molecule has 0 N–H and O–H groups in total. The van der Waals surface area contributed by atoms with Crippen LogP contribution in [0.5, 0.6) is 0 Å². The lowest BCUT2D eigenvalue weighted by Gasteiger charge is -2.13. The molecule has 0 saturated heterocycles. The molecule has 2 rings (SSSR count). The highest BCUT2D eigenvalue weighted by Crippen LogP contribution is 2.21. The molecule has 1 nitrogen and oxygen atoms in total. The van der Waals surface area contributed by atoms with E-state index in [2.05, 4.69) is 55.2 Å². The standard InChI is InChI=1S/C17H21N/c1-3-15-13-18-12-11-17(15)10-9-14(2)16-7-5-4-6-8-16/h4-8,11-14H,3,9-10H2,1-2H3. The second kappa shape index (κ2) is 6.34. The summed E-state index contributed by atoms with van der Waals surface area (Å²) in [5.74, 6) is 0.615. The minimum absolute atomic E-state index is 0.615. The van der Waals surface area contributed by atoms with Crippen LogP contribution in [-0.4, -0.2) is 4.98 Å². The molecule has 0 aliphatic rings. The van der Waals surface area contributed by atoms with Crippen LogP contribution in [0.3, 0.4) is 0 Å². The van der Waals surface area contributed by atoms with Crippen molar-refractivity contribution in [2.75, 3.05) is 0 Å². The molecule has 1 heteroatoms. The summed E-state index contributed by atoms with van der Waals surface area (Å²) in [4.78, 5) is 4.20. The average Bonchev–Trinajstić information content (AvgIpc) is 2.46. The maximum absolute atomic E-state index is 4.20. The molecular formula is C17H21N. The quantitative estimate of drug-likeness (QED) is 0.754. The van der Waals surface area contributed by atoms with Crippen molar-refractivity contribution >= 4 is 0 Å². The molecule has 1 aromatic carbocycles. The number of hydrogen-bond donors (Lipinski definition) is 0. The molecule has 18 heavy (non-hydrogen) atoms. The Kier molecular flexibility index (Phi) is 4.52. The van der Waals surface area contributed by atoms with Gasteiger partial charge in [-0.15, -0.1) is 0 Å². The molecule has 1 unspecified atom stereocenters. The van der Waals surface area contributed by atoms with Crippen molar-refractivity contribution in [1.29, 1.82) is 0 Å². The van der Waals surface area contributed by atoms with E-state index < -0.39 is 0 Å². The zero-order chi connectivity index (χ0) is 12.8. The van der Waals surface area contributed by atoms with Crippen molar-refractivity contribution in [1.82, 2.24) is 4.98 Å². The zero-order valence-corrected chi connectivity index (χ0v) is 11.3. The normalized spacial score (nSPS) is 12.3. The fraction of sp³-hybridized carbons (Fsp3) is 0.353. The first-order chi connectivity index (χ1) is 8.81. The molecule has 2 aromatic rings. The van der Waals surface area contributed by atoms with Crippen LogP contribution in [0.15, 0.2) is 48.8 Å². The molecule has 1 atom stereocenters. The third-order valence-corrected chi connectivity index (χ3v) is 3.60. The van der Waals surface area contributed by atoms with E-state index in [1.165, 1.54) is 23.1 Å². The van der Waals surface area contributed by atoms with Gasteiger partial charge in [0.15, 0.2) is 0 Å². The predicted molar refractivity (Wildman–Crippen MR) is 76.8 cm³/mol. The van der Waals surface area contributed by atoms with Crippen molar-refractivity contribution < 1.29 is 0 Å². The van der Waals surface area contributed by atoms with Gasteiger partial charge < -0.3 is 0 Å². The van der Waals surface area contributed by atoms with Crippen LogP contribution in [0.1, 0.15) is 42.9 Å². The number of benzene rings is 1. The summed E-state index contributed by atoms with van der Waals surface area (Å²) in [6.07, 6.45) is 7.32. The van der Waals surface area contributed by atoms with Crippen molar-refractivity contribution in [3.63, 3.8) is 0 Å². The molecule has 1 aromatic heterocycles. The number of pyridine rings is 1. The van der Waals surface area contributed by atoms with Crippen LogP contribution in [0.2, 0.25) is 0 Å². The smallest absolute Gasteiger partial charge is 0.0302 e. The number of rotatable bonds is 5. The van der Waals surface area contributed by atoms with Crippen LogP contribution >= 0.6 is 0 Å². The molecule has 94 valence electrons. The second-order valence-electron chi connectivity index (χ2n) is 4.85. The van der Waals surface area contributed by atoms with Crippen LogP contribution in [0.25, 0.3) is 0 Å². The van der Waals surface area contributed by atoms with Gasteiger partial charge in [-0.1, -0.05) is 44.2 Å². The van der Waals surface area contributed by atoms with Crippen LogP contribution in [0.4, 0.5) is 0 Å². The Labute approximate surface area is 110 Å². The lowest BCUT2D eigenvalue weighted by atomic mass is 9.93. The summed E-state index contributed by atoms with van der Waals surface area (Å²) in [5.41, 5.74) is 4.28. The molecular weight excluding hydrogens is 218 g/mol. The van der Waals surface area contributed by atoms with E-state index in [4.69, 9.17) is 0 Å². The summed E-state index contributed by atoms with van der Waals surface area (Å²) in [6.45, 7) is 4.50. The van der Waals surface area contributed by atoms with E-state index in [-0.39, 0.29) is 0 Å².